The molecule has 0 spiro atoms. The minimum absolute atomic E-state index is 0.101. The van der Waals surface area contributed by atoms with Crippen LogP contribution in [0.3, 0.4) is 0 Å². The maximum absolute atomic E-state index is 11.8. The molecule has 0 aliphatic heterocycles. The number of thiol groups is 1. The van der Waals surface area contributed by atoms with Crippen LogP contribution in [0, 0.1) is 0 Å². The summed E-state index contributed by atoms with van der Waals surface area (Å²) in [5, 5.41) is 2.82. The Morgan fingerprint density at radius 3 is 2.50 bits per heavy atom. The van der Waals surface area contributed by atoms with E-state index in [0.29, 0.717) is 0 Å². The Kier molecular flexibility index (Phi) is 7.53. The van der Waals surface area contributed by atoms with Crippen LogP contribution in [0.15, 0.2) is 30.3 Å². The fourth-order valence-electron chi connectivity index (χ4n) is 1.72. The summed E-state index contributed by atoms with van der Waals surface area (Å²) < 4.78 is 0. The van der Waals surface area contributed by atoms with E-state index >= 15 is 0 Å². The number of hydrogen-bond acceptors (Lipinski definition) is 3. The van der Waals surface area contributed by atoms with Gasteiger partial charge in [0.25, 0.3) is 0 Å². The van der Waals surface area contributed by atoms with Gasteiger partial charge >= 0.3 is 0 Å². The van der Waals surface area contributed by atoms with Gasteiger partial charge < -0.3 is 11.1 Å². The summed E-state index contributed by atoms with van der Waals surface area (Å²) in [6.07, 6.45) is 5.15. The van der Waals surface area contributed by atoms with E-state index in [9.17, 15) is 4.79 Å². The Morgan fingerprint density at radius 2 is 1.83 bits per heavy atom. The maximum atomic E-state index is 11.8. The van der Waals surface area contributed by atoms with Crippen molar-refractivity contribution in [2.24, 2.45) is 5.73 Å². The highest BCUT2D eigenvalue weighted by Gasteiger charge is 2.12. The average Bonchev–Trinajstić information content (AvgIpc) is 2.39. The Balaban J connectivity index is 2.21. The van der Waals surface area contributed by atoms with Crippen molar-refractivity contribution in [2.75, 3.05) is 11.1 Å². The number of anilines is 1. The van der Waals surface area contributed by atoms with Gasteiger partial charge in [0.1, 0.15) is 0 Å². The lowest BCUT2D eigenvalue weighted by molar-refractivity contribution is -0.117. The van der Waals surface area contributed by atoms with Crippen molar-refractivity contribution >= 4 is 24.2 Å². The fraction of sp³-hybridized carbons (Fsp3) is 0.500. The second kappa shape index (κ2) is 9.00. The van der Waals surface area contributed by atoms with Crippen LogP contribution in [0.2, 0.25) is 0 Å². The van der Waals surface area contributed by atoms with Crippen molar-refractivity contribution in [3.63, 3.8) is 0 Å². The number of nitrogens with one attached hydrogen (secondary N) is 1. The van der Waals surface area contributed by atoms with E-state index in [0.717, 1.165) is 43.5 Å². The summed E-state index contributed by atoms with van der Waals surface area (Å²) in [7, 11) is 0. The monoisotopic (exact) mass is 266 g/mol. The molecule has 1 aromatic carbocycles. The normalized spacial score (nSPS) is 12.1. The van der Waals surface area contributed by atoms with E-state index in [2.05, 4.69) is 17.9 Å². The highest BCUT2D eigenvalue weighted by molar-refractivity contribution is 7.80. The lowest BCUT2D eigenvalue weighted by atomic mass is 10.1. The van der Waals surface area contributed by atoms with Crippen LogP contribution in [0.4, 0.5) is 5.69 Å². The molecular formula is C14H22N2OS. The second-order valence-corrected chi connectivity index (χ2v) is 4.84. The zero-order valence-electron chi connectivity index (χ0n) is 10.6. The van der Waals surface area contributed by atoms with Crippen LogP contribution >= 0.6 is 12.6 Å². The van der Waals surface area contributed by atoms with E-state index in [1.807, 2.05) is 30.3 Å². The molecule has 1 atom stereocenters. The summed E-state index contributed by atoms with van der Waals surface area (Å²) >= 11 is 4.16. The van der Waals surface area contributed by atoms with Crippen molar-refractivity contribution in [2.45, 2.75) is 38.1 Å². The van der Waals surface area contributed by atoms with Gasteiger partial charge in [-0.3, -0.25) is 4.79 Å². The molecule has 1 rings (SSSR count). The van der Waals surface area contributed by atoms with Gasteiger partial charge in [0.2, 0.25) is 5.91 Å². The van der Waals surface area contributed by atoms with Gasteiger partial charge in [-0.2, -0.15) is 12.6 Å². The van der Waals surface area contributed by atoms with E-state index < -0.39 is 6.04 Å². The third kappa shape index (κ3) is 6.07. The first kappa shape index (κ1) is 15.1. The van der Waals surface area contributed by atoms with E-state index in [-0.39, 0.29) is 5.91 Å². The van der Waals surface area contributed by atoms with Crippen LogP contribution in [0.5, 0.6) is 0 Å². The third-order valence-electron chi connectivity index (χ3n) is 2.80. The highest BCUT2D eigenvalue weighted by atomic mass is 32.1. The summed E-state index contributed by atoms with van der Waals surface area (Å²) in [4.78, 5) is 11.8. The van der Waals surface area contributed by atoms with Crippen molar-refractivity contribution in [1.29, 1.82) is 0 Å². The van der Waals surface area contributed by atoms with Gasteiger partial charge in [-0.1, -0.05) is 37.5 Å². The molecule has 0 fully saturated rings. The average molecular weight is 266 g/mol. The number of benzene rings is 1. The number of carbonyl (C=O) groups is 1. The van der Waals surface area contributed by atoms with Crippen LogP contribution in [0.1, 0.15) is 32.1 Å². The molecular weight excluding hydrogens is 244 g/mol. The molecule has 0 aliphatic carbocycles. The predicted molar refractivity (Wildman–Crippen MR) is 80.0 cm³/mol. The number of hydrogen-bond donors (Lipinski definition) is 3. The highest BCUT2D eigenvalue weighted by Crippen LogP contribution is 2.09. The zero-order chi connectivity index (χ0) is 13.2. The van der Waals surface area contributed by atoms with Crippen LogP contribution in [-0.4, -0.2) is 17.7 Å². The van der Waals surface area contributed by atoms with Crippen molar-refractivity contribution in [3.05, 3.63) is 30.3 Å². The van der Waals surface area contributed by atoms with Gasteiger partial charge in [0, 0.05) is 5.69 Å². The number of amides is 1. The molecule has 0 bridgehead atoms. The molecule has 0 aromatic heterocycles. The molecule has 1 aromatic rings. The quantitative estimate of drug-likeness (QED) is 0.500. The molecule has 0 heterocycles. The first-order chi connectivity index (χ1) is 8.74. The Labute approximate surface area is 115 Å². The lowest BCUT2D eigenvalue weighted by Crippen LogP contribution is -2.35. The number of para-hydroxylation sites is 1. The molecule has 0 unspecified atom stereocenters. The fourth-order valence-corrected chi connectivity index (χ4v) is 1.94. The number of carbonyl (C=O) groups excluding carboxylic acids is 1. The van der Waals surface area contributed by atoms with E-state index in [1.165, 1.54) is 0 Å². The van der Waals surface area contributed by atoms with Gasteiger partial charge in [-0.25, -0.2) is 0 Å². The van der Waals surface area contributed by atoms with Crippen molar-refractivity contribution in [1.82, 2.24) is 0 Å². The molecule has 4 heteroatoms. The molecule has 0 radical (unpaired) electrons. The summed E-state index contributed by atoms with van der Waals surface area (Å²) in [6, 6.07) is 8.99. The summed E-state index contributed by atoms with van der Waals surface area (Å²) in [5.41, 5.74) is 6.65. The maximum Gasteiger partial charge on any atom is 0.241 e. The SMILES string of the molecule is N[C@@H](CCCCCCS)C(=O)Nc1ccccc1. The van der Waals surface area contributed by atoms with Crippen molar-refractivity contribution in [3.8, 4) is 0 Å². The van der Waals surface area contributed by atoms with E-state index in [4.69, 9.17) is 5.73 Å². The van der Waals surface area contributed by atoms with Gasteiger partial charge in [-0.15, -0.1) is 0 Å². The van der Waals surface area contributed by atoms with Crippen LogP contribution in [-0.2, 0) is 4.79 Å². The Morgan fingerprint density at radius 1 is 1.17 bits per heavy atom. The molecule has 0 saturated carbocycles. The minimum atomic E-state index is -0.416. The molecule has 3 N–H and O–H groups in total. The van der Waals surface area contributed by atoms with Gasteiger partial charge in [0.15, 0.2) is 0 Å². The summed E-state index contributed by atoms with van der Waals surface area (Å²) in [6.45, 7) is 0. The predicted octanol–water partition coefficient (Wildman–Crippen LogP) is 2.83. The Hall–Kier alpha value is -1.00. The molecule has 18 heavy (non-hydrogen) atoms. The Bertz CT molecular complexity index is 343. The van der Waals surface area contributed by atoms with E-state index in [1.54, 1.807) is 0 Å². The molecule has 1 amide bonds. The number of rotatable bonds is 8. The van der Waals surface area contributed by atoms with Crippen LogP contribution < -0.4 is 11.1 Å². The van der Waals surface area contributed by atoms with Gasteiger partial charge in [-0.05, 0) is 30.7 Å². The largest absolute Gasteiger partial charge is 0.325 e. The first-order valence-electron chi connectivity index (χ1n) is 6.46. The topological polar surface area (TPSA) is 55.1 Å². The minimum Gasteiger partial charge on any atom is -0.325 e. The molecule has 0 aliphatic rings. The smallest absolute Gasteiger partial charge is 0.241 e. The standard InChI is InChI=1S/C14H22N2OS/c15-13(10-6-1-2-7-11-18)14(17)16-12-8-4-3-5-9-12/h3-5,8-9,13,18H,1-2,6-7,10-11,15H2,(H,16,17)/t13-/m0/s1. The molecule has 0 saturated heterocycles. The van der Waals surface area contributed by atoms with Gasteiger partial charge in [0.05, 0.1) is 6.04 Å². The molecule has 3 nitrogen and oxygen atoms in total. The number of unbranched alkanes of at least 4 members (excludes halogenated alkanes) is 3. The summed E-state index contributed by atoms with van der Waals surface area (Å²) in [5.74, 6) is 0.830. The van der Waals surface area contributed by atoms with Crippen LogP contribution in [0.25, 0.3) is 0 Å². The first-order valence-corrected chi connectivity index (χ1v) is 7.09. The zero-order valence-corrected chi connectivity index (χ0v) is 11.5. The third-order valence-corrected chi connectivity index (χ3v) is 3.12. The second-order valence-electron chi connectivity index (χ2n) is 4.39. The van der Waals surface area contributed by atoms with Crippen molar-refractivity contribution < 1.29 is 4.79 Å². The molecule has 100 valence electrons. The lowest BCUT2D eigenvalue weighted by Gasteiger charge is -2.12. The number of nitrogens with two attached hydrogens (primary N) is 1.